The summed E-state index contributed by atoms with van der Waals surface area (Å²) in [5.41, 5.74) is 3.95. The highest BCUT2D eigenvalue weighted by molar-refractivity contribution is 7.80. The lowest BCUT2D eigenvalue weighted by Gasteiger charge is -2.20. The van der Waals surface area contributed by atoms with E-state index >= 15 is 0 Å². The van der Waals surface area contributed by atoms with Crippen LogP contribution in [-0.2, 0) is 6.54 Å². The third-order valence-corrected chi connectivity index (χ3v) is 3.93. The lowest BCUT2D eigenvalue weighted by molar-refractivity contribution is 0.512. The molecule has 0 saturated heterocycles. The topological polar surface area (TPSA) is 28.2 Å². The Morgan fingerprint density at radius 1 is 1.39 bits per heavy atom. The number of thiocarbonyl (C=S) groups is 1. The number of nitrogens with one attached hydrogen (secondary N) is 1. The number of benzene rings is 1. The van der Waals surface area contributed by atoms with Gasteiger partial charge in [0.15, 0.2) is 5.11 Å². The van der Waals surface area contributed by atoms with E-state index in [-0.39, 0.29) is 0 Å². The molecule has 94 valence electrons. The quantitative estimate of drug-likeness (QED) is 0.872. The van der Waals surface area contributed by atoms with Gasteiger partial charge >= 0.3 is 0 Å². The fourth-order valence-corrected chi connectivity index (χ4v) is 2.52. The summed E-state index contributed by atoms with van der Waals surface area (Å²) in [5.74, 6) is 0. The van der Waals surface area contributed by atoms with Crippen LogP contribution < -0.4 is 5.32 Å². The highest BCUT2D eigenvalue weighted by Crippen LogP contribution is 2.15. The predicted octanol–water partition coefficient (Wildman–Crippen LogP) is 3.28. The number of anilines is 1. The van der Waals surface area contributed by atoms with E-state index in [1.807, 2.05) is 54.7 Å². The molecule has 0 unspecified atom stereocenters. The van der Waals surface area contributed by atoms with Crippen LogP contribution in [0.1, 0.15) is 10.6 Å². The van der Waals surface area contributed by atoms with Gasteiger partial charge in [-0.2, -0.15) is 0 Å². The molecule has 1 aromatic carbocycles. The third-order valence-electron chi connectivity index (χ3n) is 2.60. The maximum atomic E-state index is 5.37. The number of rotatable bonds is 3. The van der Waals surface area contributed by atoms with Crippen molar-refractivity contribution in [2.75, 3.05) is 12.4 Å². The van der Waals surface area contributed by atoms with Crippen molar-refractivity contribution in [1.29, 1.82) is 0 Å². The molecule has 3 nitrogen and oxygen atoms in total. The molecule has 5 heteroatoms. The molecule has 0 radical (unpaired) electrons. The van der Waals surface area contributed by atoms with E-state index in [0.29, 0.717) is 5.11 Å². The molecule has 1 heterocycles. The Kier molecular flexibility index (Phi) is 4.28. The van der Waals surface area contributed by atoms with Crippen molar-refractivity contribution in [3.05, 3.63) is 46.4 Å². The molecule has 0 bridgehead atoms. The molecular weight excluding hydrogens is 262 g/mol. The molecule has 0 saturated carbocycles. The molecule has 0 spiro atoms. The summed E-state index contributed by atoms with van der Waals surface area (Å²) in [7, 11) is 1.98. The van der Waals surface area contributed by atoms with E-state index < -0.39 is 0 Å². The summed E-state index contributed by atoms with van der Waals surface area (Å²) < 4.78 is 0. The third kappa shape index (κ3) is 3.27. The Labute approximate surface area is 116 Å². The van der Waals surface area contributed by atoms with E-state index in [1.54, 1.807) is 11.3 Å². The van der Waals surface area contributed by atoms with Gasteiger partial charge < -0.3 is 10.2 Å². The van der Waals surface area contributed by atoms with Crippen LogP contribution in [0.15, 0.2) is 35.8 Å². The van der Waals surface area contributed by atoms with Crippen molar-refractivity contribution in [2.24, 2.45) is 0 Å². The van der Waals surface area contributed by atoms with Crippen LogP contribution in [0.2, 0.25) is 0 Å². The van der Waals surface area contributed by atoms with Crippen molar-refractivity contribution in [2.45, 2.75) is 13.5 Å². The maximum Gasteiger partial charge on any atom is 0.173 e. The average Bonchev–Trinajstić information content (AvgIpc) is 2.76. The zero-order chi connectivity index (χ0) is 13.0. The smallest absolute Gasteiger partial charge is 0.173 e. The van der Waals surface area contributed by atoms with Gasteiger partial charge in [0.2, 0.25) is 0 Å². The van der Waals surface area contributed by atoms with Crippen LogP contribution in [0.3, 0.4) is 0 Å². The highest BCUT2D eigenvalue weighted by Gasteiger charge is 2.08. The van der Waals surface area contributed by atoms with Crippen molar-refractivity contribution < 1.29 is 0 Å². The highest BCUT2D eigenvalue weighted by atomic mass is 32.1. The summed E-state index contributed by atoms with van der Waals surface area (Å²) in [6, 6.07) is 9.95. The Hall–Kier alpha value is -1.46. The Morgan fingerprint density at radius 2 is 2.11 bits per heavy atom. The van der Waals surface area contributed by atoms with Gasteiger partial charge in [0.05, 0.1) is 17.7 Å². The standard InChI is InChI=1S/C13H15N3S2/c1-10-12(18-9-14-10)8-16(2)13(17)15-11-6-4-3-5-7-11/h3-7,9H,8H2,1-2H3,(H,15,17). The van der Waals surface area contributed by atoms with Gasteiger partial charge in [-0.1, -0.05) is 18.2 Å². The zero-order valence-electron chi connectivity index (χ0n) is 10.4. The number of aromatic nitrogens is 1. The molecule has 0 amide bonds. The summed E-state index contributed by atoms with van der Waals surface area (Å²) in [4.78, 5) is 7.50. The van der Waals surface area contributed by atoms with Crippen molar-refractivity contribution in [1.82, 2.24) is 9.88 Å². The van der Waals surface area contributed by atoms with Crippen LogP contribution in [0.25, 0.3) is 0 Å². The minimum Gasteiger partial charge on any atom is -0.347 e. The normalized spacial score (nSPS) is 10.1. The van der Waals surface area contributed by atoms with E-state index in [4.69, 9.17) is 12.2 Å². The van der Waals surface area contributed by atoms with Gasteiger partial charge in [-0.15, -0.1) is 11.3 Å². The molecule has 1 aromatic heterocycles. The first kappa shape index (κ1) is 13.0. The van der Waals surface area contributed by atoms with Crippen molar-refractivity contribution in [3.63, 3.8) is 0 Å². The molecule has 0 atom stereocenters. The number of nitrogens with zero attached hydrogens (tertiary/aromatic N) is 2. The SMILES string of the molecule is Cc1ncsc1CN(C)C(=S)Nc1ccccc1. The number of thiazole rings is 1. The molecule has 0 aliphatic carbocycles. The van der Waals surface area contributed by atoms with E-state index in [2.05, 4.69) is 10.3 Å². The number of hydrogen-bond acceptors (Lipinski definition) is 3. The minimum atomic E-state index is 0.717. The number of hydrogen-bond donors (Lipinski definition) is 1. The van der Waals surface area contributed by atoms with Crippen LogP contribution >= 0.6 is 23.6 Å². The van der Waals surface area contributed by atoms with Crippen LogP contribution in [0.4, 0.5) is 5.69 Å². The second-order valence-electron chi connectivity index (χ2n) is 4.01. The average molecular weight is 277 g/mol. The van der Waals surface area contributed by atoms with Gasteiger partial charge in [0.25, 0.3) is 0 Å². The van der Waals surface area contributed by atoms with Gasteiger partial charge in [-0.3, -0.25) is 0 Å². The molecule has 0 aliphatic rings. The van der Waals surface area contributed by atoms with Gasteiger partial charge in [-0.25, -0.2) is 4.98 Å². The summed E-state index contributed by atoms with van der Waals surface area (Å²) in [6.45, 7) is 2.81. The lowest BCUT2D eigenvalue weighted by Crippen LogP contribution is -2.30. The molecule has 1 N–H and O–H groups in total. The first-order valence-corrected chi connectivity index (χ1v) is 6.91. The Morgan fingerprint density at radius 3 is 2.72 bits per heavy atom. The summed E-state index contributed by atoms with van der Waals surface area (Å²) >= 11 is 7.04. The van der Waals surface area contributed by atoms with E-state index in [1.165, 1.54) is 4.88 Å². The molecular formula is C13H15N3S2. The first-order chi connectivity index (χ1) is 8.66. The van der Waals surface area contributed by atoms with Gasteiger partial charge in [-0.05, 0) is 31.3 Å². The van der Waals surface area contributed by atoms with Crippen molar-refractivity contribution >= 4 is 34.4 Å². The maximum absolute atomic E-state index is 5.37. The fourth-order valence-electron chi connectivity index (χ4n) is 1.51. The molecule has 2 rings (SSSR count). The second kappa shape index (κ2) is 5.93. The first-order valence-electron chi connectivity index (χ1n) is 5.63. The minimum absolute atomic E-state index is 0.717. The number of para-hydroxylation sites is 1. The van der Waals surface area contributed by atoms with E-state index in [0.717, 1.165) is 17.9 Å². The second-order valence-corrected chi connectivity index (χ2v) is 5.34. The molecule has 2 aromatic rings. The molecule has 18 heavy (non-hydrogen) atoms. The predicted molar refractivity (Wildman–Crippen MR) is 81.0 cm³/mol. The summed E-state index contributed by atoms with van der Waals surface area (Å²) in [6.07, 6.45) is 0. The zero-order valence-corrected chi connectivity index (χ0v) is 12.0. The monoisotopic (exact) mass is 277 g/mol. The summed E-state index contributed by atoms with van der Waals surface area (Å²) in [5, 5.41) is 3.93. The molecule has 0 fully saturated rings. The fraction of sp³-hybridized carbons (Fsp3) is 0.231. The largest absolute Gasteiger partial charge is 0.347 e. The van der Waals surface area contributed by atoms with Gasteiger partial charge in [0.1, 0.15) is 0 Å². The Bertz CT molecular complexity index is 522. The van der Waals surface area contributed by atoms with E-state index in [9.17, 15) is 0 Å². The Balaban J connectivity index is 1.95. The van der Waals surface area contributed by atoms with Crippen LogP contribution in [0.5, 0.6) is 0 Å². The van der Waals surface area contributed by atoms with Gasteiger partial charge in [0, 0.05) is 17.6 Å². The lowest BCUT2D eigenvalue weighted by atomic mass is 10.3. The van der Waals surface area contributed by atoms with Crippen LogP contribution in [-0.4, -0.2) is 22.0 Å². The van der Waals surface area contributed by atoms with Crippen LogP contribution in [0, 0.1) is 6.92 Å². The number of aryl methyl sites for hydroxylation is 1. The van der Waals surface area contributed by atoms with Crippen molar-refractivity contribution in [3.8, 4) is 0 Å². The molecule has 0 aliphatic heterocycles.